The zero-order chi connectivity index (χ0) is 17.5. The third-order valence-corrected chi connectivity index (χ3v) is 3.45. The monoisotopic (exact) mass is 338 g/mol. The number of hydrogen-bond acceptors (Lipinski definition) is 5. The van der Waals surface area contributed by atoms with E-state index in [9.17, 15) is 4.79 Å². The standard InChI is InChI=1S/C19H18N2O4/c1-23-13-16(15-9-5-6-12-20-15)21-19(22)17-10-11-18(25-17)24-14-7-3-2-4-8-14/h2-12,16H,13H2,1H3,(H,21,22). The van der Waals surface area contributed by atoms with Crippen molar-refractivity contribution in [2.45, 2.75) is 6.04 Å². The first kappa shape index (κ1) is 16.7. The lowest BCUT2D eigenvalue weighted by Crippen LogP contribution is -2.31. The van der Waals surface area contributed by atoms with Gasteiger partial charge < -0.3 is 19.2 Å². The number of aromatic nitrogens is 1. The highest BCUT2D eigenvalue weighted by Crippen LogP contribution is 2.23. The number of amides is 1. The van der Waals surface area contributed by atoms with E-state index in [1.54, 1.807) is 37.6 Å². The smallest absolute Gasteiger partial charge is 0.290 e. The molecule has 1 N–H and O–H groups in total. The predicted molar refractivity (Wildman–Crippen MR) is 91.5 cm³/mol. The highest BCUT2D eigenvalue weighted by atomic mass is 16.6. The number of nitrogens with zero attached hydrogens (tertiary/aromatic N) is 1. The lowest BCUT2D eigenvalue weighted by molar-refractivity contribution is 0.0862. The van der Waals surface area contributed by atoms with Crippen LogP contribution in [0.15, 0.2) is 71.3 Å². The molecular formula is C19H18N2O4. The number of methoxy groups -OCH3 is 1. The molecule has 1 aromatic carbocycles. The molecule has 0 aliphatic carbocycles. The third-order valence-electron chi connectivity index (χ3n) is 3.45. The van der Waals surface area contributed by atoms with Gasteiger partial charge in [0, 0.05) is 19.4 Å². The number of carbonyl (C=O) groups is 1. The summed E-state index contributed by atoms with van der Waals surface area (Å²) in [4.78, 5) is 16.7. The Balaban J connectivity index is 1.68. The predicted octanol–water partition coefficient (Wildman–Crippen LogP) is 3.58. The van der Waals surface area contributed by atoms with E-state index in [2.05, 4.69) is 10.3 Å². The lowest BCUT2D eigenvalue weighted by atomic mass is 10.2. The van der Waals surface area contributed by atoms with Crippen molar-refractivity contribution in [1.82, 2.24) is 10.3 Å². The number of furan rings is 1. The highest BCUT2D eigenvalue weighted by molar-refractivity contribution is 5.91. The summed E-state index contributed by atoms with van der Waals surface area (Å²) in [7, 11) is 1.57. The quantitative estimate of drug-likeness (QED) is 0.713. The molecule has 1 atom stereocenters. The molecule has 25 heavy (non-hydrogen) atoms. The summed E-state index contributed by atoms with van der Waals surface area (Å²) < 4.78 is 16.2. The van der Waals surface area contributed by atoms with Gasteiger partial charge in [0.2, 0.25) is 0 Å². The summed E-state index contributed by atoms with van der Waals surface area (Å²) >= 11 is 0. The van der Waals surface area contributed by atoms with Crippen molar-refractivity contribution < 1.29 is 18.7 Å². The molecule has 6 heteroatoms. The normalized spacial score (nSPS) is 11.7. The zero-order valence-electron chi connectivity index (χ0n) is 13.7. The first-order valence-electron chi connectivity index (χ1n) is 7.79. The van der Waals surface area contributed by atoms with Gasteiger partial charge in [0.25, 0.3) is 11.9 Å². The van der Waals surface area contributed by atoms with Gasteiger partial charge in [0.05, 0.1) is 18.3 Å². The van der Waals surface area contributed by atoms with Crippen molar-refractivity contribution in [2.75, 3.05) is 13.7 Å². The van der Waals surface area contributed by atoms with Crippen molar-refractivity contribution in [1.29, 1.82) is 0 Å². The minimum absolute atomic E-state index is 0.156. The van der Waals surface area contributed by atoms with Crippen LogP contribution in [-0.4, -0.2) is 24.6 Å². The maximum Gasteiger partial charge on any atom is 0.290 e. The van der Waals surface area contributed by atoms with E-state index in [-0.39, 0.29) is 23.7 Å². The molecule has 1 unspecified atom stereocenters. The van der Waals surface area contributed by atoms with Crippen molar-refractivity contribution in [3.8, 4) is 11.7 Å². The van der Waals surface area contributed by atoms with Crippen LogP contribution in [0.2, 0.25) is 0 Å². The fourth-order valence-corrected chi connectivity index (χ4v) is 2.28. The molecule has 1 amide bonds. The molecular weight excluding hydrogens is 320 g/mol. The molecule has 6 nitrogen and oxygen atoms in total. The second-order valence-corrected chi connectivity index (χ2v) is 5.27. The van der Waals surface area contributed by atoms with Crippen LogP contribution in [0.5, 0.6) is 11.7 Å². The molecule has 0 saturated carbocycles. The third kappa shape index (κ3) is 4.45. The Morgan fingerprint density at radius 2 is 1.92 bits per heavy atom. The summed E-state index contributed by atoms with van der Waals surface area (Å²) in [6, 6.07) is 17.5. The molecule has 3 rings (SSSR count). The Bertz CT molecular complexity index is 803. The number of para-hydroxylation sites is 1. The molecule has 0 radical (unpaired) electrons. The van der Waals surface area contributed by atoms with Crippen LogP contribution in [0.3, 0.4) is 0 Å². The molecule has 128 valence electrons. The second kappa shape index (κ2) is 8.12. The molecule has 3 aromatic rings. The maximum atomic E-state index is 12.4. The van der Waals surface area contributed by atoms with Crippen molar-refractivity contribution in [2.24, 2.45) is 0 Å². The Kier molecular flexibility index (Phi) is 5.43. The molecule has 0 aliphatic rings. The van der Waals surface area contributed by atoms with Crippen LogP contribution in [0.1, 0.15) is 22.3 Å². The van der Waals surface area contributed by atoms with Gasteiger partial charge in [-0.15, -0.1) is 0 Å². The van der Waals surface area contributed by atoms with Crippen LogP contribution >= 0.6 is 0 Å². The number of hydrogen-bond donors (Lipinski definition) is 1. The molecule has 0 saturated heterocycles. The Labute approximate surface area is 145 Å². The topological polar surface area (TPSA) is 73.6 Å². The number of benzene rings is 1. The number of pyridine rings is 1. The minimum Gasteiger partial charge on any atom is -0.426 e. The van der Waals surface area contributed by atoms with Gasteiger partial charge in [-0.1, -0.05) is 24.3 Å². The van der Waals surface area contributed by atoms with E-state index >= 15 is 0 Å². The number of nitrogens with one attached hydrogen (secondary N) is 1. The van der Waals surface area contributed by atoms with Crippen LogP contribution in [-0.2, 0) is 4.74 Å². The second-order valence-electron chi connectivity index (χ2n) is 5.27. The molecule has 0 bridgehead atoms. The van der Waals surface area contributed by atoms with Crippen LogP contribution in [0.25, 0.3) is 0 Å². The van der Waals surface area contributed by atoms with Gasteiger partial charge in [0.1, 0.15) is 5.75 Å². The number of ether oxygens (including phenoxy) is 2. The van der Waals surface area contributed by atoms with Gasteiger partial charge in [-0.3, -0.25) is 9.78 Å². The SMILES string of the molecule is COCC(NC(=O)c1ccc(Oc2ccccc2)o1)c1ccccn1. The molecule has 0 aliphatic heterocycles. The number of rotatable bonds is 7. The van der Waals surface area contributed by atoms with Crippen molar-refractivity contribution >= 4 is 5.91 Å². The summed E-state index contributed by atoms with van der Waals surface area (Å²) in [6.45, 7) is 0.302. The van der Waals surface area contributed by atoms with Gasteiger partial charge in [-0.05, 0) is 30.3 Å². The summed E-state index contributed by atoms with van der Waals surface area (Å²) in [5.41, 5.74) is 0.713. The molecule has 2 heterocycles. The van der Waals surface area contributed by atoms with Gasteiger partial charge in [-0.2, -0.15) is 0 Å². The summed E-state index contributed by atoms with van der Waals surface area (Å²) in [5, 5.41) is 2.85. The van der Waals surface area contributed by atoms with Crippen LogP contribution < -0.4 is 10.1 Å². The van der Waals surface area contributed by atoms with Crippen molar-refractivity contribution in [3.05, 3.63) is 78.3 Å². The highest BCUT2D eigenvalue weighted by Gasteiger charge is 2.19. The average Bonchev–Trinajstić information content (AvgIpc) is 3.11. The average molecular weight is 338 g/mol. The number of carbonyl (C=O) groups excluding carboxylic acids is 1. The van der Waals surface area contributed by atoms with Crippen LogP contribution in [0, 0.1) is 0 Å². The maximum absolute atomic E-state index is 12.4. The van der Waals surface area contributed by atoms with Gasteiger partial charge >= 0.3 is 0 Å². The Morgan fingerprint density at radius 3 is 2.64 bits per heavy atom. The van der Waals surface area contributed by atoms with Crippen molar-refractivity contribution in [3.63, 3.8) is 0 Å². The lowest BCUT2D eigenvalue weighted by Gasteiger charge is -2.16. The first-order valence-corrected chi connectivity index (χ1v) is 7.79. The van der Waals surface area contributed by atoms with Crippen LogP contribution in [0.4, 0.5) is 0 Å². The van der Waals surface area contributed by atoms with E-state index < -0.39 is 0 Å². The van der Waals surface area contributed by atoms with E-state index in [1.165, 1.54) is 0 Å². The fourth-order valence-electron chi connectivity index (χ4n) is 2.28. The van der Waals surface area contributed by atoms with E-state index in [0.29, 0.717) is 18.1 Å². The van der Waals surface area contributed by atoms with Gasteiger partial charge in [-0.25, -0.2) is 0 Å². The Morgan fingerprint density at radius 1 is 1.12 bits per heavy atom. The fraction of sp³-hybridized carbons (Fsp3) is 0.158. The van der Waals surface area contributed by atoms with E-state index in [0.717, 1.165) is 0 Å². The summed E-state index contributed by atoms with van der Waals surface area (Å²) in [6.07, 6.45) is 1.67. The largest absolute Gasteiger partial charge is 0.426 e. The first-order chi connectivity index (χ1) is 12.3. The minimum atomic E-state index is -0.373. The molecule has 0 spiro atoms. The molecule has 0 fully saturated rings. The van der Waals surface area contributed by atoms with E-state index in [1.807, 2.05) is 36.4 Å². The van der Waals surface area contributed by atoms with Gasteiger partial charge in [0.15, 0.2) is 5.76 Å². The Hall–Kier alpha value is -3.12. The zero-order valence-corrected chi connectivity index (χ0v) is 13.7. The van der Waals surface area contributed by atoms with E-state index in [4.69, 9.17) is 13.9 Å². The summed E-state index contributed by atoms with van der Waals surface area (Å²) in [5.74, 6) is 0.672. The molecule has 2 aromatic heterocycles.